The van der Waals surface area contributed by atoms with Crippen LogP contribution in [0.5, 0.6) is 0 Å². The first-order valence-electron chi connectivity index (χ1n) is 7.79. The molecule has 1 aromatic carbocycles. The number of amides is 1. The number of carbonyl (C=O) groups excluding carboxylic acids is 1. The molecule has 2 aliphatic heterocycles. The van der Waals surface area contributed by atoms with E-state index in [1.54, 1.807) is 19.3 Å². The van der Waals surface area contributed by atoms with Crippen LogP contribution >= 0.6 is 23.2 Å². The van der Waals surface area contributed by atoms with E-state index in [2.05, 4.69) is 14.9 Å². The van der Waals surface area contributed by atoms with Gasteiger partial charge in [0.15, 0.2) is 5.82 Å². The lowest BCUT2D eigenvalue weighted by atomic mass is 9.81. The quantitative estimate of drug-likeness (QED) is 0.779. The van der Waals surface area contributed by atoms with Crippen molar-refractivity contribution in [1.29, 1.82) is 0 Å². The summed E-state index contributed by atoms with van der Waals surface area (Å²) in [5.74, 6) is 0.862. The van der Waals surface area contributed by atoms with Crippen LogP contribution in [0.15, 0.2) is 30.6 Å². The molecule has 1 amide bonds. The molecule has 0 bridgehead atoms. The molecule has 1 aromatic heterocycles. The summed E-state index contributed by atoms with van der Waals surface area (Å²) in [5, 5.41) is 1.08. The second-order valence-electron chi connectivity index (χ2n) is 6.42. The Bertz CT molecular complexity index is 811. The summed E-state index contributed by atoms with van der Waals surface area (Å²) in [6, 6.07) is 5.91. The lowest BCUT2D eigenvalue weighted by molar-refractivity contribution is -0.127. The molecule has 0 saturated carbocycles. The van der Waals surface area contributed by atoms with E-state index in [1.165, 1.54) is 5.56 Å². The number of hydrogen-bond acceptors (Lipinski definition) is 4. The van der Waals surface area contributed by atoms with E-state index in [9.17, 15) is 4.79 Å². The molecule has 5 nitrogen and oxygen atoms in total. The van der Waals surface area contributed by atoms with Crippen molar-refractivity contribution in [3.05, 3.63) is 46.3 Å². The van der Waals surface area contributed by atoms with Crippen LogP contribution in [0, 0.1) is 0 Å². The number of hydrogen-bond donors (Lipinski definition) is 0. The third-order valence-corrected chi connectivity index (χ3v) is 5.39. The minimum absolute atomic E-state index is 0.111. The highest BCUT2D eigenvalue weighted by Gasteiger charge is 2.48. The topological polar surface area (TPSA) is 49.3 Å². The molecule has 0 aliphatic carbocycles. The van der Waals surface area contributed by atoms with E-state index in [0.29, 0.717) is 16.7 Å². The molecule has 1 spiro atoms. The number of aromatic nitrogens is 2. The van der Waals surface area contributed by atoms with Crippen LogP contribution in [0.1, 0.15) is 18.9 Å². The van der Waals surface area contributed by atoms with Gasteiger partial charge in [0.05, 0.1) is 12.4 Å². The molecule has 0 radical (unpaired) electrons. The van der Waals surface area contributed by atoms with E-state index in [-0.39, 0.29) is 11.3 Å². The SMILES string of the molecule is CC(=O)N1CCC2(C1)CN(c1cnc(Cl)cn1)c1ccc(Cl)cc12. The van der Waals surface area contributed by atoms with Gasteiger partial charge in [-0.1, -0.05) is 23.2 Å². The van der Waals surface area contributed by atoms with Gasteiger partial charge in [-0.3, -0.25) is 4.79 Å². The van der Waals surface area contributed by atoms with E-state index >= 15 is 0 Å². The van der Waals surface area contributed by atoms with Crippen molar-refractivity contribution in [3.63, 3.8) is 0 Å². The number of rotatable bonds is 1. The smallest absolute Gasteiger partial charge is 0.219 e. The fraction of sp³-hybridized carbons (Fsp3) is 0.353. The Balaban J connectivity index is 1.78. The van der Waals surface area contributed by atoms with Gasteiger partial charge in [-0.25, -0.2) is 9.97 Å². The Morgan fingerprint density at radius 3 is 2.71 bits per heavy atom. The van der Waals surface area contributed by atoms with Crippen LogP contribution in [0.3, 0.4) is 0 Å². The predicted octanol–water partition coefficient (Wildman–Crippen LogP) is 3.43. The third kappa shape index (κ3) is 2.43. The van der Waals surface area contributed by atoms with Crippen LogP contribution in [0.4, 0.5) is 11.5 Å². The van der Waals surface area contributed by atoms with E-state index < -0.39 is 0 Å². The molecule has 1 saturated heterocycles. The van der Waals surface area contributed by atoms with Gasteiger partial charge in [-0.15, -0.1) is 0 Å². The number of halogens is 2. The number of anilines is 2. The number of benzene rings is 1. The monoisotopic (exact) mass is 362 g/mol. The molecule has 124 valence electrons. The second kappa shape index (κ2) is 5.60. The largest absolute Gasteiger partial charge is 0.342 e. The van der Waals surface area contributed by atoms with Crippen LogP contribution in [-0.4, -0.2) is 40.4 Å². The normalized spacial score (nSPS) is 22.3. The number of likely N-dealkylation sites (tertiary alicyclic amines) is 1. The van der Waals surface area contributed by atoms with Crippen molar-refractivity contribution < 1.29 is 4.79 Å². The summed E-state index contributed by atoms with van der Waals surface area (Å²) in [6.07, 6.45) is 4.14. The van der Waals surface area contributed by atoms with E-state index in [0.717, 1.165) is 31.0 Å². The maximum atomic E-state index is 11.8. The average molecular weight is 363 g/mol. The van der Waals surface area contributed by atoms with Gasteiger partial charge in [-0.05, 0) is 30.2 Å². The maximum Gasteiger partial charge on any atom is 0.219 e. The van der Waals surface area contributed by atoms with Crippen molar-refractivity contribution >= 4 is 40.6 Å². The predicted molar refractivity (Wildman–Crippen MR) is 94.0 cm³/mol. The number of nitrogens with zero attached hydrogens (tertiary/aromatic N) is 4. The van der Waals surface area contributed by atoms with Gasteiger partial charge in [0.2, 0.25) is 5.91 Å². The van der Waals surface area contributed by atoms with Gasteiger partial charge < -0.3 is 9.80 Å². The van der Waals surface area contributed by atoms with Crippen LogP contribution < -0.4 is 4.90 Å². The summed E-state index contributed by atoms with van der Waals surface area (Å²) in [7, 11) is 0. The molecular formula is C17H16Cl2N4O. The van der Waals surface area contributed by atoms with Crippen molar-refractivity contribution in [2.45, 2.75) is 18.8 Å². The van der Waals surface area contributed by atoms with E-state index in [1.807, 2.05) is 23.1 Å². The molecule has 1 unspecified atom stereocenters. The summed E-state index contributed by atoms with van der Waals surface area (Å²) < 4.78 is 0. The van der Waals surface area contributed by atoms with Gasteiger partial charge in [0.25, 0.3) is 0 Å². The number of fused-ring (bicyclic) bond motifs is 2. The van der Waals surface area contributed by atoms with Gasteiger partial charge >= 0.3 is 0 Å². The minimum atomic E-state index is -0.118. The molecule has 7 heteroatoms. The molecular weight excluding hydrogens is 347 g/mol. The molecule has 0 N–H and O–H groups in total. The highest BCUT2D eigenvalue weighted by atomic mass is 35.5. The first kappa shape index (κ1) is 15.7. The fourth-order valence-electron chi connectivity index (χ4n) is 3.78. The molecule has 2 aromatic rings. The first-order chi connectivity index (χ1) is 11.5. The Hall–Kier alpha value is -1.85. The molecule has 1 atom stereocenters. The zero-order valence-corrected chi connectivity index (χ0v) is 14.7. The van der Waals surface area contributed by atoms with Crippen molar-refractivity contribution in [2.75, 3.05) is 24.5 Å². The highest BCUT2D eigenvalue weighted by molar-refractivity contribution is 6.30. The number of carbonyl (C=O) groups is 1. The summed E-state index contributed by atoms with van der Waals surface area (Å²) >= 11 is 12.1. The molecule has 1 fully saturated rings. The zero-order valence-electron chi connectivity index (χ0n) is 13.2. The third-order valence-electron chi connectivity index (χ3n) is 4.96. The van der Waals surface area contributed by atoms with Gasteiger partial charge in [0.1, 0.15) is 5.15 Å². The van der Waals surface area contributed by atoms with Crippen LogP contribution in [0.2, 0.25) is 10.2 Å². The van der Waals surface area contributed by atoms with Gasteiger partial charge in [-0.2, -0.15) is 0 Å². The zero-order chi connectivity index (χ0) is 16.9. The Labute approximate surface area is 150 Å². The van der Waals surface area contributed by atoms with Crippen molar-refractivity contribution in [3.8, 4) is 0 Å². The van der Waals surface area contributed by atoms with Crippen molar-refractivity contribution in [2.24, 2.45) is 0 Å². The lowest BCUT2D eigenvalue weighted by Crippen LogP contribution is -2.36. The fourth-order valence-corrected chi connectivity index (χ4v) is 4.05. The maximum absolute atomic E-state index is 11.8. The first-order valence-corrected chi connectivity index (χ1v) is 8.55. The Morgan fingerprint density at radius 1 is 1.21 bits per heavy atom. The lowest BCUT2D eigenvalue weighted by Gasteiger charge is -2.25. The van der Waals surface area contributed by atoms with Crippen LogP contribution in [0.25, 0.3) is 0 Å². The minimum Gasteiger partial charge on any atom is -0.342 e. The molecule has 4 rings (SSSR count). The Kier molecular flexibility index (Phi) is 3.66. The van der Waals surface area contributed by atoms with Crippen LogP contribution in [-0.2, 0) is 10.2 Å². The summed E-state index contributed by atoms with van der Waals surface area (Å²) in [6.45, 7) is 3.84. The molecule has 2 aliphatic rings. The molecule has 3 heterocycles. The second-order valence-corrected chi connectivity index (χ2v) is 7.24. The Morgan fingerprint density at radius 2 is 2.04 bits per heavy atom. The average Bonchev–Trinajstić information content (AvgIpc) is 3.12. The van der Waals surface area contributed by atoms with Gasteiger partial charge in [0, 0.05) is 42.7 Å². The summed E-state index contributed by atoms with van der Waals surface area (Å²) in [4.78, 5) is 24.4. The molecule has 24 heavy (non-hydrogen) atoms. The van der Waals surface area contributed by atoms with E-state index in [4.69, 9.17) is 23.2 Å². The standard InChI is InChI=1S/C17H16Cl2N4O/c1-11(24)22-5-4-17(9-22)10-23(16-8-20-15(19)7-21-16)14-3-2-12(18)6-13(14)17/h2-3,6-8H,4-5,9-10H2,1H3. The summed E-state index contributed by atoms with van der Waals surface area (Å²) in [5.41, 5.74) is 2.13. The highest BCUT2D eigenvalue weighted by Crippen LogP contribution is 2.49. The van der Waals surface area contributed by atoms with Crippen molar-refractivity contribution in [1.82, 2.24) is 14.9 Å².